The molecule has 2 rings (SSSR count). The van der Waals surface area contributed by atoms with E-state index >= 15 is 0 Å². The molecule has 1 aliphatic rings. The summed E-state index contributed by atoms with van der Waals surface area (Å²) >= 11 is 1.47. The monoisotopic (exact) mass is 337 g/mol. The fourth-order valence-electron chi connectivity index (χ4n) is 2.95. The number of hydrogen-bond acceptors (Lipinski definition) is 4. The van der Waals surface area contributed by atoms with Crippen LogP contribution < -0.4 is 5.32 Å². The standard InChI is InChI=1S/C17H27N3O2S/c1-11(2)16(22)20(14-8-6-5-7-9-14)10-15(21)19-17-18-12(3)13(4)23-17/h11,14H,5-10H2,1-4H3,(H,18,19,21). The van der Waals surface area contributed by atoms with Gasteiger partial charge >= 0.3 is 0 Å². The SMILES string of the molecule is Cc1nc(NC(=O)CN(C(=O)C(C)C)C2CCCCC2)sc1C. The van der Waals surface area contributed by atoms with Gasteiger partial charge in [0.2, 0.25) is 11.8 Å². The number of thiazole rings is 1. The van der Waals surface area contributed by atoms with Gasteiger partial charge in [0.1, 0.15) is 6.54 Å². The van der Waals surface area contributed by atoms with Gasteiger partial charge in [0, 0.05) is 16.8 Å². The Bertz CT molecular complexity index is 543. The minimum absolute atomic E-state index is 0.0681. The molecule has 1 aromatic rings. The molecule has 1 fully saturated rings. The topological polar surface area (TPSA) is 62.3 Å². The van der Waals surface area contributed by atoms with Crippen LogP contribution in [0.1, 0.15) is 56.5 Å². The highest BCUT2D eigenvalue weighted by Crippen LogP contribution is 2.25. The summed E-state index contributed by atoms with van der Waals surface area (Å²) in [7, 11) is 0. The van der Waals surface area contributed by atoms with E-state index in [0.29, 0.717) is 5.13 Å². The number of rotatable bonds is 5. The van der Waals surface area contributed by atoms with Crippen molar-refractivity contribution in [2.24, 2.45) is 5.92 Å². The lowest BCUT2D eigenvalue weighted by Crippen LogP contribution is -2.47. The second-order valence-corrected chi connectivity index (χ2v) is 7.82. The molecule has 1 aliphatic carbocycles. The number of carbonyl (C=O) groups excluding carboxylic acids is 2. The third kappa shape index (κ3) is 4.77. The van der Waals surface area contributed by atoms with Gasteiger partial charge in [0.15, 0.2) is 5.13 Å². The molecule has 1 aromatic heterocycles. The first kappa shape index (κ1) is 17.9. The number of hydrogen-bond donors (Lipinski definition) is 1. The van der Waals surface area contributed by atoms with Crippen LogP contribution in [0.4, 0.5) is 5.13 Å². The number of nitrogens with one attached hydrogen (secondary N) is 1. The average molecular weight is 337 g/mol. The summed E-state index contributed by atoms with van der Waals surface area (Å²) in [5.41, 5.74) is 0.938. The van der Waals surface area contributed by atoms with E-state index in [9.17, 15) is 9.59 Å². The Morgan fingerprint density at radius 3 is 2.43 bits per heavy atom. The van der Waals surface area contributed by atoms with E-state index in [4.69, 9.17) is 0 Å². The van der Waals surface area contributed by atoms with Crippen LogP contribution in [0.5, 0.6) is 0 Å². The molecule has 0 spiro atoms. The highest BCUT2D eigenvalue weighted by atomic mass is 32.1. The van der Waals surface area contributed by atoms with Crippen molar-refractivity contribution in [3.05, 3.63) is 10.6 Å². The molecule has 23 heavy (non-hydrogen) atoms. The van der Waals surface area contributed by atoms with E-state index in [-0.39, 0.29) is 30.3 Å². The van der Waals surface area contributed by atoms with Crippen molar-refractivity contribution >= 4 is 28.3 Å². The molecular formula is C17H27N3O2S. The first-order chi connectivity index (χ1) is 10.9. The Morgan fingerprint density at radius 1 is 1.26 bits per heavy atom. The average Bonchev–Trinajstić information content (AvgIpc) is 2.82. The largest absolute Gasteiger partial charge is 0.330 e. The van der Waals surface area contributed by atoms with Gasteiger partial charge in [-0.05, 0) is 26.7 Å². The zero-order valence-electron chi connectivity index (χ0n) is 14.5. The van der Waals surface area contributed by atoms with E-state index in [1.54, 1.807) is 4.90 Å². The van der Waals surface area contributed by atoms with Crippen LogP contribution in [0, 0.1) is 19.8 Å². The van der Waals surface area contributed by atoms with Crippen LogP contribution in [0.15, 0.2) is 0 Å². The Labute approximate surface area is 142 Å². The summed E-state index contributed by atoms with van der Waals surface area (Å²) in [6.07, 6.45) is 5.50. The van der Waals surface area contributed by atoms with Crippen molar-refractivity contribution in [3.8, 4) is 0 Å². The maximum absolute atomic E-state index is 12.5. The lowest BCUT2D eigenvalue weighted by molar-refractivity contribution is -0.140. The molecule has 0 aliphatic heterocycles. The third-order valence-corrected chi connectivity index (χ3v) is 5.37. The van der Waals surface area contributed by atoms with E-state index in [1.165, 1.54) is 17.8 Å². The second-order valence-electron chi connectivity index (χ2n) is 6.62. The first-order valence-corrected chi connectivity index (χ1v) is 9.24. The van der Waals surface area contributed by atoms with Crippen LogP contribution >= 0.6 is 11.3 Å². The highest BCUT2D eigenvalue weighted by molar-refractivity contribution is 7.15. The number of nitrogens with zero attached hydrogens (tertiary/aromatic N) is 2. The van der Waals surface area contributed by atoms with Gasteiger partial charge in [-0.1, -0.05) is 33.1 Å². The van der Waals surface area contributed by atoms with Gasteiger partial charge in [0.25, 0.3) is 0 Å². The third-order valence-electron chi connectivity index (χ3n) is 4.38. The number of amides is 2. The highest BCUT2D eigenvalue weighted by Gasteiger charge is 2.28. The molecule has 0 unspecified atom stereocenters. The van der Waals surface area contributed by atoms with Gasteiger partial charge in [-0.2, -0.15) is 0 Å². The molecule has 2 amide bonds. The van der Waals surface area contributed by atoms with Crippen molar-refractivity contribution in [2.45, 2.75) is 65.8 Å². The molecule has 0 radical (unpaired) electrons. The Kier molecular flexibility index (Phi) is 6.16. The minimum Gasteiger partial charge on any atom is -0.330 e. The van der Waals surface area contributed by atoms with Gasteiger partial charge < -0.3 is 10.2 Å². The molecule has 0 bridgehead atoms. The van der Waals surface area contributed by atoms with E-state index in [0.717, 1.165) is 36.3 Å². The van der Waals surface area contributed by atoms with E-state index in [1.807, 2.05) is 27.7 Å². The number of aromatic nitrogens is 1. The van der Waals surface area contributed by atoms with Crippen molar-refractivity contribution < 1.29 is 9.59 Å². The predicted octanol–water partition coefficient (Wildman–Crippen LogP) is 3.52. The van der Waals surface area contributed by atoms with Crippen molar-refractivity contribution in [2.75, 3.05) is 11.9 Å². The zero-order valence-corrected chi connectivity index (χ0v) is 15.3. The summed E-state index contributed by atoms with van der Waals surface area (Å²) in [6, 6.07) is 0.198. The molecule has 0 atom stereocenters. The number of carbonyl (C=O) groups is 2. The maximum atomic E-state index is 12.5. The fraction of sp³-hybridized carbons (Fsp3) is 0.706. The zero-order chi connectivity index (χ0) is 17.0. The minimum atomic E-state index is -0.154. The van der Waals surface area contributed by atoms with Gasteiger partial charge in [-0.25, -0.2) is 4.98 Å². The van der Waals surface area contributed by atoms with Crippen LogP contribution in [-0.4, -0.2) is 34.3 Å². The summed E-state index contributed by atoms with van der Waals surface area (Å²) in [4.78, 5) is 32.1. The molecule has 0 saturated heterocycles. The number of aryl methyl sites for hydroxylation is 2. The predicted molar refractivity (Wildman–Crippen MR) is 93.6 cm³/mol. The smallest absolute Gasteiger partial charge is 0.245 e. The van der Waals surface area contributed by atoms with Crippen LogP contribution in [-0.2, 0) is 9.59 Å². The Balaban J connectivity index is 2.03. The molecule has 128 valence electrons. The molecule has 6 heteroatoms. The summed E-state index contributed by atoms with van der Waals surface area (Å²) in [5.74, 6) is -0.175. The van der Waals surface area contributed by atoms with Crippen molar-refractivity contribution in [3.63, 3.8) is 0 Å². The van der Waals surface area contributed by atoms with E-state index in [2.05, 4.69) is 10.3 Å². The molecule has 1 heterocycles. The molecule has 1 N–H and O–H groups in total. The summed E-state index contributed by atoms with van der Waals surface area (Å²) in [5, 5.41) is 3.46. The van der Waals surface area contributed by atoms with Gasteiger partial charge in [-0.3, -0.25) is 9.59 Å². The molecular weight excluding hydrogens is 310 g/mol. The van der Waals surface area contributed by atoms with Crippen LogP contribution in [0.25, 0.3) is 0 Å². The number of anilines is 1. The lowest BCUT2D eigenvalue weighted by atomic mass is 9.93. The van der Waals surface area contributed by atoms with Gasteiger partial charge in [-0.15, -0.1) is 11.3 Å². The van der Waals surface area contributed by atoms with Crippen molar-refractivity contribution in [1.29, 1.82) is 0 Å². The van der Waals surface area contributed by atoms with E-state index < -0.39 is 0 Å². The molecule has 5 nitrogen and oxygen atoms in total. The molecule has 1 saturated carbocycles. The first-order valence-electron chi connectivity index (χ1n) is 8.43. The quantitative estimate of drug-likeness (QED) is 0.894. The fourth-order valence-corrected chi connectivity index (χ4v) is 3.78. The maximum Gasteiger partial charge on any atom is 0.245 e. The summed E-state index contributed by atoms with van der Waals surface area (Å²) < 4.78 is 0. The van der Waals surface area contributed by atoms with Crippen LogP contribution in [0.3, 0.4) is 0 Å². The Morgan fingerprint density at radius 2 is 1.91 bits per heavy atom. The summed E-state index contributed by atoms with van der Waals surface area (Å²) in [6.45, 7) is 7.82. The van der Waals surface area contributed by atoms with Gasteiger partial charge in [0.05, 0.1) is 5.69 Å². The molecule has 0 aromatic carbocycles. The van der Waals surface area contributed by atoms with Crippen LogP contribution in [0.2, 0.25) is 0 Å². The Hall–Kier alpha value is -1.43. The normalized spacial score (nSPS) is 15.7. The second kappa shape index (κ2) is 7.90. The lowest BCUT2D eigenvalue weighted by Gasteiger charge is -2.35. The van der Waals surface area contributed by atoms with Crippen molar-refractivity contribution in [1.82, 2.24) is 9.88 Å².